The van der Waals surface area contributed by atoms with Gasteiger partial charge >= 0.3 is 0 Å². The molecule has 4 atom stereocenters. The first-order valence-electron chi connectivity index (χ1n) is 13.3. The number of methoxy groups -OCH3 is 1. The maximum absolute atomic E-state index is 14.1. The Hall–Kier alpha value is -3.06. The summed E-state index contributed by atoms with van der Waals surface area (Å²) in [5.41, 5.74) is 2.74. The molecule has 1 heterocycles. The Morgan fingerprint density at radius 2 is 1.77 bits per heavy atom. The molecule has 2 N–H and O–H groups in total. The van der Waals surface area contributed by atoms with Gasteiger partial charge < -0.3 is 20.1 Å². The van der Waals surface area contributed by atoms with E-state index in [1.54, 1.807) is 42.3 Å². The molecular formula is C31H32Cl2N2O4. The second kappa shape index (κ2) is 12.0. The molecule has 1 aliphatic heterocycles. The van der Waals surface area contributed by atoms with Gasteiger partial charge in [-0.1, -0.05) is 78.5 Å². The first kappa shape index (κ1) is 27.5. The van der Waals surface area contributed by atoms with Crippen LogP contribution in [0.4, 0.5) is 0 Å². The van der Waals surface area contributed by atoms with Crippen molar-refractivity contribution in [3.05, 3.63) is 99.0 Å². The van der Waals surface area contributed by atoms with E-state index in [1.165, 1.54) is 0 Å². The molecule has 3 aromatic carbocycles. The van der Waals surface area contributed by atoms with Crippen LogP contribution in [-0.4, -0.2) is 47.6 Å². The predicted octanol–water partition coefficient (Wildman–Crippen LogP) is 5.95. The van der Waals surface area contributed by atoms with Gasteiger partial charge in [0.2, 0.25) is 5.91 Å². The highest BCUT2D eigenvalue weighted by Crippen LogP contribution is 2.47. The molecule has 204 valence electrons. The molecule has 0 bridgehead atoms. The predicted molar refractivity (Wildman–Crippen MR) is 153 cm³/mol. The molecule has 1 fully saturated rings. The number of hydrogen-bond donors (Lipinski definition) is 2. The van der Waals surface area contributed by atoms with Crippen molar-refractivity contribution in [3.8, 4) is 5.75 Å². The molecule has 3 aromatic rings. The summed E-state index contributed by atoms with van der Waals surface area (Å²) in [4.78, 5) is 29.8. The third-order valence-electron chi connectivity index (χ3n) is 7.88. The lowest BCUT2D eigenvalue weighted by molar-refractivity contribution is -0.125. The number of para-hydroxylation sites is 1. The lowest BCUT2D eigenvalue weighted by atomic mass is 9.76. The van der Waals surface area contributed by atoms with Gasteiger partial charge in [0.25, 0.3) is 5.91 Å². The minimum atomic E-state index is -0.732. The van der Waals surface area contributed by atoms with E-state index in [4.69, 9.17) is 27.9 Å². The van der Waals surface area contributed by atoms with E-state index in [-0.39, 0.29) is 11.8 Å². The standard InChI is InChI=1S/C31H32Cl2N2O4/c1-39-27-13-7-2-8-19(27)16-17-34-30(37)28-21-9-3-4-10-22(21)31(38)35(25-11-5-6-12-26(25)36)29(28)23-15-14-20(32)18-24(23)33/h2-4,7-10,13-15,18,25-26,28-29,36H,5-6,11-12,16-17H2,1H3,(H,34,37)/t25-,26-,28+,29-/m0/s1. The maximum Gasteiger partial charge on any atom is 0.255 e. The lowest BCUT2D eigenvalue weighted by Crippen LogP contribution is -2.55. The topological polar surface area (TPSA) is 78.9 Å². The number of amides is 2. The van der Waals surface area contributed by atoms with Crippen LogP contribution in [0.3, 0.4) is 0 Å². The molecule has 0 spiro atoms. The van der Waals surface area contributed by atoms with Crippen LogP contribution in [0.5, 0.6) is 5.75 Å². The molecule has 0 unspecified atom stereocenters. The quantitative estimate of drug-likeness (QED) is 0.370. The highest BCUT2D eigenvalue weighted by Gasteiger charge is 2.48. The molecule has 2 amide bonds. The second-order valence-electron chi connectivity index (χ2n) is 10.2. The Kier molecular flexibility index (Phi) is 8.46. The maximum atomic E-state index is 14.1. The third-order valence-corrected chi connectivity index (χ3v) is 8.44. The summed E-state index contributed by atoms with van der Waals surface area (Å²) in [5, 5.41) is 15.0. The number of benzene rings is 3. The summed E-state index contributed by atoms with van der Waals surface area (Å²) >= 11 is 13.0. The Labute approximate surface area is 238 Å². The number of nitrogens with zero attached hydrogens (tertiary/aromatic N) is 1. The lowest BCUT2D eigenvalue weighted by Gasteiger charge is -2.48. The molecule has 2 aliphatic rings. The molecular weight excluding hydrogens is 535 g/mol. The molecule has 39 heavy (non-hydrogen) atoms. The van der Waals surface area contributed by atoms with Gasteiger partial charge in [0.15, 0.2) is 0 Å². The molecule has 1 aliphatic carbocycles. The first-order valence-corrected chi connectivity index (χ1v) is 14.1. The van der Waals surface area contributed by atoms with Crippen molar-refractivity contribution >= 4 is 35.0 Å². The van der Waals surface area contributed by atoms with E-state index in [0.29, 0.717) is 52.5 Å². The van der Waals surface area contributed by atoms with Crippen LogP contribution in [0, 0.1) is 0 Å². The fourth-order valence-electron chi connectivity index (χ4n) is 6.03. The van der Waals surface area contributed by atoms with Crippen LogP contribution in [-0.2, 0) is 11.2 Å². The highest BCUT2D eigenvalue weighted by molar-refractivity contribution is 6.35. The van der Waals surface area contributed by atoms with E-state index in [1.807, 2.05) is 36.4 Å². The number of aliphatic hydroxyl groups excluding tert-OH is 1. The Morgan fingerprint density at radius 3 is 2.54 bits per heavy atom. The number of halogens is 2. The second-order valence-corrected chi connectivity index (χ2v) is 11.0. The number of hydrogen-bond acceptors (Lipinski definition) is 4. The van der Waals surface area contributed by atoms with Crippen LogP contribution >= 0.6 is 23.2 Å². The minimum Gasteiger partial charge on any atom is -0.496 e. The van der Waals surface area contributed by atoms with Gasteiger partial charge in [0, 0.05) is 22.2 Å². The molecule has 0 aromatic heterocycles. The smallest absolute Gasteiger partial charge is 0.255 e. The number of nitrogens with one attached hydrogen (secondary N) is 1. The van der Waals surface area contributed by atoms with Crippen molar-refractivity contribution in [2.75, 3.05) is 13.7 Å². The Morgan fingerprint density at radius 1 is 1.03 bits per heavy atom. The minimum absolute atomic E-state index is 0.203. The average Bonchev–Trinajstić information content (AvgIpc) is 2.94. The van der Waals surface area contributed by atoms with Gasteiger partial charge in [-0.25, -0.2) is 0 Å². The number of aliphatic hydroxyl groups is 1. The van der Waals surface area contributed by atoms with E-state index < -0.39 is 24.1 Å². The summed E-state index contributed by atoms with van der Waals surface area (Å²) in [6.07, 6.45) is 2.95. The van der Waals surface area contributed by atoms with E-state index in [0.717, 1.165) is 24.2 Å². The molecule has 8 heteroatoms. The summed E-state index contributed by atoms with van der Waals surface area (Å²) in [6.45, 7) is 0.388. The van der Waals surface area contributed by atoms with Crippen LogP contribution in [0.15, 0.2) is 66.7 Å². The van der Waals surface area contributed by atoms with Crippen LogP contribution in [0.1, 0.15) is 64.7 Å². The number of carbonyl (C=O) groups excluding carboxylic acids is 2. The monoisotopic (exact) mass is 566 g/mol. The molecule has 1 saturated carbocycles. The Bertz CT molecular complexity index is 1360. The SMILES string of the molecule is COc1ccccc1CCNC(=O)[C@@H]1c2ccccc2C(=O)N([C@H]2CCCC[C@@H]2O)[C@H]1c1ccc(Cl)cc1Cl. The molecule has 6 nitrogen and oxygen atoms in total. The number of carbonyl (C=O) groups is 2. The van der Waals surface area contributed by atoms with Crippen molar-refractivity contribution in [1.82, 2.24) is 10.2 Å². The van der Waals surface area contributed by atoms with Crippen LogP contribution < -0.4 is 10.1 Å². The van der Waals surface area contributed by atoms with Gasteiger partial charge in [-0.3, -0.25) is 9.59 Å². The summed E-state index contributed by atoms with van der Waals surface area (Å²) < 4.78 is 5.46. The average molecular weight is 568 g/mol. The first-order chi connectivity index (χ1) is 18.9. The molecule has 0 radical (unpaired) electrons. The van der Waals surface area contributed by atoms with Gasteiger partial charge in [-0.2, -0.15) is 0 Å². The van der Waals surface area contributed by atoms with Gasteiger partial charge in [-0.05, 0) is 60.2 Å². The summed E-state index contributed by atoms with van der Waals surface area (Å²) in [5.74, 6) is -0.380. The van der Waals surface area contributed by atoms with Crippen molar-refractivity contribution in [2.45, 2.75) is 56.2 Å². The van der Waals surface area contributed by atoms with Gasteiger partial charge in [0.05, 0.1) is 31.2 Å². The summed E-state index contributed by atoms with van der Waals surface area (Å²) in [6, 6.07) is 19.0. The fourth-order valence-corrected chi connectivity index (χ4v) is 6.55. The van der Waals surface area contributed by atoms with Gasteiger partial charge in [0.1, 0.15) is 5.75 Å². The van der Waals surface area contributed by atoms with Crippen LogP contribution in [0.2, 0.25) is 10.0 Å². The zero-order valence-electron chi connectivity index (χ0n) is 21.8. The van der Waals surface area contributed by atoms with Gasteiger partial charge in [-0.15, -0.1) is 0 Å². The zero-order valence-corrected chi connectivity index (χ0v) is 23.3. The molecule has 0 saturated heterocycles. The number of ether oxygens (including phenoxy) is 1. The molecule has 5 rings (SSSR count). The van der Waals surface area contributed by atoms with Crippen molar-refractivity contribution < 1.29 is 19.4 Å². The highest BCUT2D eigenvalue weighted by atomic mass is 35.5. The largest absolute Gasteiger partial charge is 0.496 e. The van der Waals surface area contributed by atoms with E-state index >= 15 is 0 Å². The fraction of sp³-hybridized carbons (Fsp3) is 0.355. The van der Waals surface area contributed by atoms with Crippen LogP contribution in [0.25, 0.3) is 0 Å². The number of rotatable bonds is 7. The van der Waals surface area contributed by atoms with Crippen molar-refractivity contribution in [1.29, 1.82) is 0 Å². The zero-order chi connectivity index (χ0) is 27.5. The summed E-state index contributed by atoms with van der Waals surface area (Å²) in [7, 11) is 1.63. The van der Waals surface area contributed by atoms with E-state index in [2.05, 4.69) is 5.32 Å². The normalized spacial score (nSPS) is 22.8. The van der Waals surface area contributed by atoms with E-state index in [9.17, 15) is 14.7 Å². The Balaban J connectivity index is 1.55. The van der Waals surface area contributed by atoms with Crippen molar-refractivity contribution in [2.24, 2.45) is 0 Å². The third kappa shape index (κ3) is 5.51. The van der Waals surface area contributed by atoms with Crippen molar-refractivity contribution in [3.63, 3.8) is 0 Å². The number of fused-ring (bicyclic) bond motifs is 1.